The molecule has 3 rings (SSSR count). The Labute approximate surface area is 201 Å². The van der Waals surface area contributed by atoms with E-state index in [1.165, 1.54) is 36.0 Å². The van der Waals surface area contributed by atoms with Gasteiger partial charge in [-0.2, -0.15) is 13.2 Å². The summed E-state index contributed by atoms with van der Waals surface area (Å²) in [6.07, 6.45) is -4.82. The summed E-state index contributed by atoms with van der Waals surface area (Å²) in [6.45, 7) is 1.12. The Morgan fingerprint density at radius 2 is 1.88 bits per heavy atom. The van der Waals surface area contributed by atoms with Crippen LogP contribution >= 0.6 is 34.7 Å². The van der Waals surface area contributed by atoms with Gasteiger partial charge in [0, 0.05) is 0 Å². The standard InChI is InChI=1S/C19H16ClF3N4O3S3/c1-2-31-18-26-25-17(32-18)24-16(28)11-27(33(29,30)13-6-4-3-5-7-13)12-8-9-15(20)14(10-12)19(21,22)23/h3-10H,2,11H2,1H3,(H,24,25,28). The summed E-state index contributed by atoms with van der Waals surface area (Å²) >= 11 is 8.18. The van der Waals surface area contributed by atoms with Crippen LogP contribution in [0, 0.1) is 0 Å². The fourth-order valence-corrected chi connectivity index (χ4v) is 5.98. The monoisotopic (exact) mass is 536 g/mol. The topological polar surface area (TPSA) is 92.3 Å². The fraction of sp³-hybridized carbons (Fsp3) is 0.211. The first-order chi connectivity index (χ1) is 15.5. The van der Waals surface area contributed by atoms with Crippen molar-refractivity contribution >= 4 is 61.4 Å². The zero-order valence-electron chi connectivity index (χ0n) is 16.8. The quantitative estimate of drug-likeness (QED) is 0.316. The minimum Gasteiger partial charge on any atom is -0.299 e. The summed E-state index contributed by atoms with van der Waals surface area (Å²) in [4.78, 5) is 12.5. The molecule has 14 heteroatoms. The molecule has 1 heterocycles. The van der Waals surface area contributed by atoms with Gasteiger partial charge in [-0.15, -0.1) is 10.2 Å². The molecule has 0 atom stereocenters. The van der Waals surface area contributed by atoms with Crippen LogP contribution in [0.3, 0.4) is 0 Å². The van der Waals surface area contributed by atoms with Crippen molar-refractivity contribution in [1.82, 2.24) is 10.2 Å². The maximum Gasteiger partial charge on any atom is 0.417 e. The summed E-state index contributed by atoms with van der Waals surface area (Å²) in [7, 11) is -4.39. The lowest BCUT2D eigenvalue weighted by atomic mass is 10.2. The Kier molecular flexibility index (Phi) is 7.88. The van der Waals surface area contributed by atoms with Gasteiger partial charge >= 0.3 is 6.18 Å². The molecule has 0 unspecified atom stereocenters. The van der Waals surface area contributed by atoms with Crippen LogP contribution in [0.5, 0.6) is 0 Å². The Morgan fingerprint density at radius 3 is 2.52 bits per heavy atom. The highest BCUT2D eigenvalue weighted by Crippen LogP contribution is 2.38. The maximum atomic E-state index is 13.4. The Balaban J connectivity index is 1.98. The first kappa shape index (κ1) is 25.3. The molecule has 1 aromatic heterocycles. The smallest absolute Gasteiger partial charge is 0.299 e. The van der Waals surface area contributed by atoms with Crippen molar-refractivity contribution in [2.75, 3.05) is 21.9 Å². The number of sulfonamides is 1. The van der Waals surface area contributed by atoms with E-state index in [0.29, 0.717) is 14.7 Å². The highest BCUT2D eigenvalue weighted by Gasteiger charge is 2.35. The van der Waals surface area contributed by atoms with Crippen molar-refractivity contribution in [3.8, 4) is 0 Å². The van der Waals surface area contributed by atoms with Crippen molar-refractivity contribution < 1.29 is 26.4 Å². The number of halogens is 4. The molecule has 3 aromatic rings. The maximum absolute atomic E-state index is 13.4. The normalized spacial score (nSPS) is 11.9. The van der Waals surface area contributed by atoms with E-state index in [-0.39, 0.29) is 15.7 Å². The number of nitrogens with one attached hydrogen (secondary N) is 1. The predicted molar refractivity (Wildman–Crippen MR) is 122 cm³/mol. The average molecular weight is 537 g/mol. The minimum atomic E-state index is -4.82. The van der Waals surface area contributed by atoms with Crippen molar-refractivity contribution in [3.63, 3.8) is 0 Å². The molecule has 0 aliphatic carbocycles. The van der Waals surface area contributed by atoms with Crippen LogP contribution in [0.25, 0.3) is 0 Å². The minimum absolute atomic E-state index is 0.139. The molecular formula is C19H16ClF3N4O3S3. The highest BCUT2D eigenvalue weighted by molar-refractivity contribution is 8.01. The largest absolute Gasteiger partial charge is 0.417 e. The number of amides is 1. The van der Waals surface area contributed by atoms with E-state index in [1.807, 2.05) is 6.92 Å². The molecule has 1 N–H and O–H groups in total. The van der Waals surface area contributed by atoms with Crippen LogP contribution in [0.1, 0.15) is 12.5 Å². The molecule has 176 valence electrons. The molecule has 7 nitrogen and oxygen atoms in total. The number of nitrogens with zero attached hydrogens (tertiary/aromatic N) is 3. The molecule has 0 saturated heterocycles. The molecule has 1 amide bonds. The second-order valence-electron chi connectivity index (χ2n) is 6.34. The SMILES string of the molecule is CCSc1nnc(NC(=O)CN(c2ccc(Cl)c(C(F)(F)F)c2)S(=O)(=O)c2ccccc2)s1. The molecule has 0 aliphatic heterocycles. The lowest BCUT2D eigenvalue weighted by molar-refractivity contribution is -0.137. The highest BCUT2D eigenvalue weighted by atomic mass is 35.5. The Morgan fingerprint density at radius 1 is 1.18 bits per heavy atom. The third kappa shape index (κ3) is 6.16. The fourth-order valence-electron chi connectivity index (χ4n) is 2.65. The summed E-state index contributed by atoms with van der Waals surface area (Å²) < 4.78 is 67.9. The second-order valence-corrected chi connectivity index (χ2v) is 11.1. The van der Waals surface area contributed by atoms with Crippen LogP contribution in [0.4, 0.5) is 24.0 Å². The first-order valence-electron chi connectivity index (χ1n) is 9.23. The Bertz CT molecular complexity index is 1240. The van der Waals surface area contributed by atoms with E-state index in [0.717, 1.165) is 29.2 Å². The van der Waals surface area contributed by atoms with Gasteiger partial charge in [0.15, 0.2) is 4.34 Å². The Hall–Kier alpha value is -2.35. The van der Waals surface area contributed by atoms with Crippen LogP contribution in [-0.4, -0.2) is 36.8 Å². The summed E-state index contributed by atoms with van der Waals surface area (Å²) in [6, 6.07) is 9.69. The summed E-state index contributed by atoms with van der Waals surface area (Å²) in [5.74, 6) is -0.0636. The number of benzene rings is 2. The van der Waals surface area contributed by atoms with Crippen molar-refractivity contribution in [2.24, 2.45) is 0 Å². The van der Waals surface area contributed by atoms with Gasteiger partial charge in [-0.25, -0.2) is 8.42 Å². The number of aromatic nitrogens is 2. The van der Waals surface area contributed by atoms with Gasteiger partial charge in [0.05, 0.1) is 21.2 Å². The van der Waals surface area contributed by atoms with Gasteiger partial charge in [-0.05, 0) is 36.1 Å². The van der Waals surface area contributed by atoms with Gasteiger partial charge < -0.3 is 0 Å². The van der Waals surface area contributed by atoms with Crippen LogP contribution in [-0.2, 0) is 21.0 Å². The molecule has 0 fully saturated rings. The zero-order chi connectivity index (χ0) is 24.2. The molecule has 0 aliphatic rings. The second kappa shape index (κ2) is 10.3. The molecule has 33 heavy (non-hydrogen) atoms. The number of hydrogen-bond acceptors (Lipinski definition) is 7. The summed E-state index contributed by atoms with van der Waals surface area (Å²) in [5, 5.41) is 9.68. The number of anilines is 2. The van der Waals surface area contributed by atoms with E-state index in [9.17, 15) is 26.4 Å². The van der Waals surface area contributed by atoms with Crippen LogP contribution < -0.4 is 9.62 Å². The number of rotatable bonds is 8. The van der Waals surface area contributed by atoms with E-state index >= 15 is 0 Å². The van der Waals surface area contributed by atoms with Crippen molar-refractivity contribution in [2.45, 2.75) is 22.3 Å². The molecule has 0 spiro atoms. The van der Waals surface area contributed by atoms with Crippen molar-refractivity contribution in [1.29, 1.82) is 0 Å². The third-order valence-electron chi connectivity index (χ3n) is 4.08. The van der Waals surface area contributed by atoms with Gasteiger partial charge in [0.1, 0.15) is 6.54 Å². The van der Waals surface area contributed by atoms with Gasteiger partial charge in [0.25, 0.3) is 10.0 Å². The molecule has 2 aromatic carbocycles. The number of alkyl halides is 3. The van der Waals surface area contributed by atoms with E-state index in [1.54, 1.807) is 6.07 Å². The zero-order valence-corrected chi connectivity index (χ0v) is 20.0. The van der Waals surface area contributed by atoms with E-state index in [4.69, 9.17) is 11.6 Å². The number of thioether (sulfide) groups is 1. The van der Waals surface area contributed by atoms with E-state index < -0.39 is 39.2 Å². The molecule has 0 bridgehead atoms. The third-order valence-corrected chi connectivity index (χ3v) is 8.05. The van der Waals surface area contributed by atoms with Crippen LogP contribution in [0.2, 0.25) is 5.02 Å². The molecule has 0 saturated carbocycles. The number of hydrogen-bond donors (Lipinski definition) is 1. The van der Waals surface area contributed by atoms with E-state index in [2.05, 4.69) is 15.5 Å². The molecular weight excluding hydrogens is 521 g/mol. The lowest BCUT2D eigenvalue weighted by Crippen LogP contribution is -2.38. The number of carbonyl (C=O) groups is 1. The van der Waals surface area contributed by atoms with Gasteiger partial charge in [0.2, 0.25) is 11.0 Å². The van der Waals surface area contributed by atoms with Gasteiger partial charge in [-0.1, -0.05) is 59.8 Å². The predicted octanol–water partition coefficient (Wildman–Crippen LogP) is 5.16. The van der Waals surface area contributed by atoms with Gasteiger partial charge in [-0.3, -0.25) is 14.4 Å². The number of carbonyl (C=O) groups excluding carboxylic acids is 1. The summed E-state index contributed by atoms with van der Waals surface area (Å²) in [5.41, 5.74) is -1.59. The van der Waals surface area contributed by atoms with Crippen molar-refractivity contribution in [3.05, 3.63) is 59.1 Å². The lowest BCUT2D eigenvalue weighted by Gasteiger charge is -2.25. The van der Waals surface area contributed by atoms with Crippen LogP contribution in [0.15, 0.2) is 57.8 Å². The average Bonchev–Trinajstić information content (AvgIpc) is 3.19. The molecule has 0 radical (unpaired) electrons. The first-order valence-corrected chi connectivity index (χ1v) is 12.8.